The highest BCUT2D eigenvalue weighted by atomic mass is 16.7. The third kappa shape index (κ3) is 8.50. The molecule has 144 valence electrons. The molecule has 8 heteroatoms. The third-order valence-corrected chi connectivity index (χ3v) is 3.15. The maximum absolute atomic E-state index is 11.4. The Morgan fingerprint density at radius 3 is 2.38 bits per heavy atom. The normalized spacial score (nSPS) is 10.3. The summed E-state index contributed by atoms with van der Waals surface area (Å²) in [6, 6.07) is 7.35. The lowest BCUT2D eigenvalue weighted by Gasteiger charge is -2.14. The average Bonchev–Trinajstić information content (AvgIpc) is 2.66. The summed E-state index contributed by atoms with van der Waals surface area (Å²) in [7, 11) is 3.14. The SMILES string of the molecule is C=CC(=O)OCCNC(=O)OCCCOc1ccc(C(OC)OC)cc1. The van der Waals surface area contributed by atoms with Crippen molar-refractivity contribution in [1.29, 1.82) is 0 Å². The number of methoxy groups -OCH3 is 2. The lowest BCUT2D eigenvalue weighted by molar-refractivity contribution is -0.137. The molecule has 1 aromatic carbocycles. The lowest BCUT2D eigenvalue weighted by Crippen LogP contribution is -2.29. The van der Waals surface area contributed by atoms with Gasteiger partial charge < -0.3 is 29.0 Å². The number of amides is 1. The fourth-order valence-corrected chi connectivity index (χ4v) is 1.92. The molecule has 0 spiro atoms. The van der Waals surface area contributed by atoms with Gasteiger partial charge in [-0.15, -0.1) is 0 Å². The van der Waals surface area contributed by atoms with Crippen LogP contribution in [0.15, 0.2) is 36.9 Å². The molecule has 0 saturated heterocycles. The standard InChI is InChI=1S/C18H25NO7/c1-4-16(20)25-13-10-19-18(21)26-12-5-11-24-15-8-6-14(7-9-15)17(22-2)23-3/h4,6-9,17H,1,5,10-13H2,2-3H3,(H,19,21). The van der Waals surface area contributed by atoms with Gasteiger partial charge in [0.25, 0.3) is 0 Å². The van der Waals surface area contributed by atoms with Crippen molar-refractivity contribution in [2.75, 3.05) is 40.6 Å². The summed E-state index contributed by atoms with van der Waals surface area (Å²) >= 11 is 0. The van der Waals surface area contributed by atoms with Crippen LogP contribution < -0.4 is 10.1 Å². The van der Waals surface area contributed by atoms with Crippen LogP contribution in [0.5, 0.6) is 5.75 Å². The number of benzene rings is 1. The average molecular weight is 367 g/mol. The monoisotopic (exact) mass is 367 g/mol. The topological polar surface area (TPSA) is 92.3 Å². The van der Waals surface area contributed by atoms with E-state index >= 15 is 0 Å². The number of rotatable bonds is 12. The van der Waals surface area contributed by atoms with Gasteiger partial charge >= 0.3 is 12.1 Å². The predicted octanol–water partition coefficient (Wildman–Crippen LogP) is 2.20. The number of ether oxygens (including phenoxy) is 5. The second-order valence-electron chi connectivity index (χ2n) is 5.01. The van der Waals surface area contributed by atoms with E-state index in [1.165, 1.54) is 0 Å². The van der Waals surface area contributed by atoms with Gasteiger partial charge in [0.05, 0.1) is 19.8 Å². The van der Waals surface area contributed by atoms with Gasteiger partial charge in [0.2, 0.25) is 0 Å². The van der Waals surface area contributed by atoms with Gasteiger partial charge in [0.15, 0.2) is 6.29 Å². The van der Waals surface area contributed by atoms with Crippen molar-refractivity contribution in [3.05, 3.63) is 42.5 Å². The molecular formula is C18H25NO7. The number of hydrogen-bond acceptors (Lipinski definition) is 7. The predicted molar refractivity (Wildman–Crippen MR) is 93.8 cm³/mol. The van der Waals surface area contributed by atoms with E-state index in [4.69, 9.17) is 23.7 Å². The summed E-state index contributed by atoms with van der Waals surface area (Å²) in [4.78, 5) is 22.2. The molecule has 8 nitrogen and oxygen atoms in total. The van der Waals surface area contributed by atoms with Crippen LogP contribution in [0.3, 0.4) is 0 Å². The molecule has 1 amide bonds. The maximum Gasteiger partial charge on any atom is 0.407 e. The van der Waals surface area contributed by atoms with E-state index in [9.17, 15) is 9.59 Å². The number of carbonyl (C=O) groups excluding carboxylic acids is 2. The number of alkyl carbamates (subject to hydrolysis) is 1. The minimum atomic E-state index is -0.575. The maximum atomic E-state index is 11.4. The van der Waals surface area contributed by atoms with Gasteiger partial charge in [0.1, 0.15) is 12.4 Å². The minimum absolute atomic E-state index is 0.0616. The molecule has 0 aliphatic heterocycles. The molecule has 0 saturated carbocycles. The molecule has 0 unspecified atom stereocenters. The molecule has 1 aromatic rings. The van der Waals surface area contributed by atoms with E-state index < -0.39 is 18.4 Å². The first kappa shape index (κ1) is 21.5. The van der Waals surface area contributed by atoms with Gasteiger partial charge in [0, 0.05) is 32.3 Å². The smallest absolute Gasteiger partial charge is 0.407 e. The molecule has 1 rings (SSSR count). The van der Waals surface area contributed by atoms with Crippen molar-refractivity contribution in [3.8, 4) is 5.75 Å². The summed E-state index contributed by atoms with van der Waals surface area (Å²) in [6.45, 7) is 4.12. The summed E-state index contributed by atoms with van der Waals surface area (Å²) in [5, 5.41) is 2.46. The Morgan fingerprint density at radius 2 is 1.77 bits per heavy atom. The summed E-state index contributed by atoms with van der Waals surface area (Å²) < 4.78 is 25.6. The summed E-state index contributed by atoms with van der Waals surface area (Å²) in [5.41, 5.74) is 0.890. The highest BCUT2D eigenvalue weighted by Crippen LogP contribution is 2.20. The largest absolute Gasteiger partial charge is 0.493 e. The molecule has 0 radical (unpaired) electrons. The molecule has 0 aliphatic rings. The van der Waals surface area contributed by atoms with Gasteiger partial charge in [-0.25, -0.2) is 9.59 Å². The van der Waals surface area contributed by atoms with E-state index in [0.29, 0.717) is 18.8 Å². The zero-order valence-corrected chi connectivity index (χ0v) is 15.1. The van der Waals surface area contributed by atoms with E-state index in [1.54, 1.807) is 14.2 Å². The summed E-state index contributed by atoms with van der Waals surface area (Å²) in [6.07, 6.45) is 0.615. The zero-order valence-electron chi connectivity index (χ0n) is 15.1. The van der Waals surface area contributed by atoms with Crippen molar-refractivity contribution < 1.29 is 33.3 Å². The van der Waals surface area contributed by atoms with Crippen molar-refractivity contribution in [1.82, 2.24) is 5.32 Å². The molecule has 0 fully saturated rings. The lowest BCUT2D eigenvalue weighted by atomic mass is 10.2. The zero-order chi connectivity index (χ0) is 19.2. The molecular weight excluding hydrogens is 342 g/mol. The number of hydrogen-bond donors (Lipinski definition) is 1. The molecule has 0 atom stereocenters. The fourth-order valence-electron chi connectivity index (χ4n) is 1.92. The first-order chi connectivity index (χ1) is 12.6. The van der Waals surface area contributed by atoms with Crippen LogP contribution in [0.4, 0.5) is 4.79 Å². The first-order valence-corrected chi connectivity index (χ1v) is 8.09. The van der Waals surface area contributed by atoms with Crippen molar-refractivity contribution in [3.63, 3.8) is 0 Å². The van der Waals surface area contributed by atoms with Crippen LogP contribution in [-0.2, 0) is 23.7 Å². The van der Waals surface area contributed by atoms with Crippen LogP contribution >= 0.6 is 0 Å². The van der Waals surface area contributed by atoms with E-state index in [1.807, 2.05) is 24.3 Å². The Bertz CT molecular complexity index is 555. The van der Waals surface area contributed by atoms with Gasteiger partial charge in [-0.05, 0) is 12.1 Å². The van der Waals surface area contributed by atoms with Crippen LogP contribution in [0.2, 0.25) is 0 Å². The molecule has 26 heavy (non-hydrogen) atoms. The Morgan fingerprint density at radius 1 is 1.08 bits per heavy atom. The first-order valence-electron chi connectivity index (χ1n) is 8.09. The van der Waals surface area contributed by atoms with Crippen molar-refractivity contribution >= 4 is 12.1 Å². The summed E-state index contributed by atoms with van der Waals surface area (Å²) in [5.74, 6) is 0.165. The molecule has 0 aromatic heterocycles. The molecule has 0 heterocycles. The number of nitrogens with one attached hydrogen (secondary N) is 1. The highest BCUT2D eigenvalue weighted by Gasteiger charge is 2.08. The van der Waals surface area contributed by atoms with Crippen LogP contribution in [0.25, 0.3) is 0 Å². The van der Waals surface area contributed by atoms with Crippen LogP contribution in [0, 0.1) is 0 Å². The van der Waals surface area contributed by atoms with E-state index in [-0.39, 0.29) is 19.8 Å². The Hall–Kier alpha value is -2.58. The Labute approximate surface area is 153 Å². The Kier molecular flexibility index (Phi) is 10.5. The molecule has 0 bridgehead atoms. The van der Waals surface area contributed by atoms with Crippen LogP contribution in [0.1, 0.15) is 18.3 Å². The van der Waals surface area contributed by atoms with Crippen molar-refractivity contribution in [2.24, 2.45) is 0 Å². The quantitative estimate of drug-likeness (QED) is 0.262. The van der Waals surface area contributed by atoms with E-state index in [2.05, 4.69) is 11.9 Å². The van der Waals surface area contributed by atoms with Gasteiger partial charge in [-0.2, -0.15) is 0 Å². The second kappa shape index (κ2) is 12.7. The second-order valence-corrected chi connectivity index (χ2v) is 5.01. The Balaban J connectivity index is 2.12. The highest BCUT2D eigenvalue weighted by molar-refractivity contribution is 5.81. The van der Waals surface area contributed by atoms with Gasteiger partial charge in [-0.3, -0.25) is 0 Å². The number of esters is 1. The fraction of sp³-hybridized carbons (Fsp3) is 0.444. The molecule has 1 N–H and O–H groups in total. The minimum Gasteiger partial charge on any atom is -0.493 e. The third-order valence-electron chi connectivity index (χ3n) is 3.15. The van der Waals surface area contributed by atoms with Gasteiger partial charge in [-0.1, -0.05) is 18.7 Å². The van der Waals surface area contributed by atoms with Crippen LogP contribution in [-0.4, -0.2) is 52.6 Å². The van der Waals surface area contributed by atoms with E-state index in [0.717, 1.165) is 11.6 Å². The molecule has 0 aliphatic carbocycles. The van der Waals surface area contributed by atoms with Crippen molar-refractivity contribution in [2.45, 2.75) is 12.7 Å². The number of carbonyl (C=O) groups is 2.